The molecule has 9 nitrogen and oxygen atoms in total. The predicted molar refractivity (Wildman–Crippen MR) is 149 cm³/mol. The fourth-order valence-electron chi connectivity index (χ4n) is 4.44. The summed E-state index contributed by atoms with van der Waals surface area (Å²) in [6.07, 6.45) is 1.73. The van der Waals surface area contributed by atoms with Crippen LogP contribution in [0.3, 0.4) is 0 Å². The average molecular weight is 555 g/mol. The van der Waals surface area contributed by atoms with E-state index in [9.17, 15) is 23.6 Å². The molecular formula is C30H39FN4O5. The van der Waals surface area contributed by atoms with E-state index in [1.807, 2.05) is 20.8 Å². The first kappa shape index (κ1) is 30.6. The highest BCUT2D eigenvalue weighted by molar-refractivity contribution is 6.01. The summed E-state index contributed by atoms with van der Waals surface area (Å²) < 4.78 is 19.2. The monoisotopic (exact) mass is 554 g/mol. The van der Waals surface area contributed by atoms with Gasteiger partial charge in [-0.3, -0.25) is 19.2 Å². The number of carbonyl (C=O) groups is 4. The Labute approximate surface area is 234 Å². The molecule has 216 valence electrons. The van der Waals surface area contributed by atoms with Crippen molar-refractivity contribution in [1.82, 2.24) is 20.9 Å². The zero-order valence-corrected chi connectivity index (χ0v) is 23.4. The third kappa shape index (κ3) is 9.07. The van der Waals surface area contributed by atoms with Crippen LogP contribution in [0.2, 0.25) is 0 Å². The molecule has 0 bridgehead atoms. The number of unbranched alkanes of at least 4 members (excludes halogenated alkanes) is 1. The van der Waals surface area contributed by atoms with Crippen LogP contribution >= 0.6 is 0 Å². The number of hydrogen-bond donors (Lipinski definition) is 3. The number of benzene rings is 2. The number of nitrogens with zero attached hydrogens (tertiary/aromatic N) is 1. The van der Waals surface area contributed by atoms with Crippen LogP contribution in [0, 0.1) is 11.7 Å². The van der Waals surface area contributed by atoms with Crippen LogP contribution in [-0.4, -0.2) is 60.3 Å². The van der Waals surface area contributed by atoms with E-state index in [2.05, 4.69) is 16.0 Å². The van der Waals surface area contributed by atoms with Crippen molar-refractivity contribution < 1.29 is 28.3 Å². The molecule has 3 rings (SSSR count). The predicted octanol–water partition coefficient (Wildman–Crippen LogP) is 3.18. The number of rotatable bonds is 8. The Morgan fingerprint density at radius 2 is 1.82 bits per heavy atom. The van der Waals surface area contributed by atoms with Gasteiger partial charge in [-0.2, -0.15) is 0 Å². The van der Waals surface area contributed by atoms with Gasteiger partial charge in [0.1, 0.15) is 30.3 Å². The Morgan fingerprint density at radius 1 is 1.10 bits per heavy atom. The van der Waals surface area contributed by atoms with Crippen molar-refractivity contribution in [2.75, 3.05) is 19.7 Å². The molecule has 10 heteroatoms. The van der Waals surface area contributed by atoms with Gasteiger partial charge in [0.25, 0.3) is 5.91 Å². The molecule has 4 amide bonds. The lowest BCUT2D eigenvalue weighted by molar-refractivity contribution is -0.137. The first-order valence-corrected chi connectivity index (χ1v) is 13.8. The maximum Gasteiger partial charge on any atom is 0.255 e. The van der Waals surface area contributed by atoms with Crippen LogP contribution in [0.4, 0.5) is 4.39 Å². The van der Waals surface area contributed by atoms with E-state index in [4.69, 9.17) is 4.74 Å². The molecule has 3 N–H and O–H groups in total. The summed E-state index contributed by atoms with van der Waals surface area (Å²) in [4.78, 5) is 54.9. The van der Waals surface area contributed by atoms with Gasteiger partial charge >= 0.3 is 0 Å². The van der Waals surface area contributed by atoms with Gasteiger partial charge in [0.15, 0.2) is 0 Å². The molecule has 2 aromatic carbocycles. The first-order chi connectivity index (χ1) is 19.2. The van der Waals surface area contributed by atoms with Crippen LogP contribution in [-0.2, 0) is 20.9 Å². The number of halogens is 1. The molecule has 0 saturated carbocycles. The molecule has 0 spiro atoms. The van der Waals surface area contributed by atoms with E-state index in [0.29, 0.717) is 30.8 Å². The second-order valence-electron chi connectivity index (χ2n) is 10.3. The summed E-state index contributed by atoms with van der Waals surface area (Å²) in [5.41, 5.74) is 0.861. The van der Waals surface area contributed by atoms with Gasteiger partial charge in [-0.05, 0) is 48.6 Å². The number of carbonyl (C=O) groups excluding carboxylic acids is 4. The van der Waals surface area contributed by atoms with Gasteiger partial charge < -0.3 is 25.6 Å². The molecule has 2 aromatic rings. The molecule has 0 aromatic heterocycles. The highest BCUT2D eigenvalue weighted by Crippen LogP contribution is 2.19. The Morgan fingerprint density at radius 3 is 2.52 bits per heavy atom. The average Bonchev–Trinajstić information content (AvgIpc) is 2.92. The quantitative estimate of drug-likeness (QED) is 0.464. The van der Waals surface area contributed by atoms with Crippen molar-refractivity contribution in [2.45, 2.75) is 65.1 Å². The summed E-state index contributed by atoms with van der Waals surface area (Å²) in [5.74, 6) is -1.85. The minimum atomic E-state index is -1.23. The lowest BCUT2D eigenvalue weighted by Gasteiger charge is -2.30. The molecule has 0 saturated heterocycles. The van der Waals surface area contributed by atoms with Gasteiger partial charge in [0, 0.05) is 13.1 Å². The Kier molecular flexibility index (Phi) is 11.5. The van der Waals surface area contributed by atoms with Crippen LogP contribution in [0.5, 0.6) is 5.75 Å². The van der Waals surface area contributed by atoms with Gasteiger partial charge in [0.2, 0.25) is 17.7 Å². The van der Waals surface area contributed by atoms with Crippen molar-refractivity contribution in [3.05, 3.63) is 65.5 Å². The van der Waals surface area contributed by atoms with Crippen LogP contribution in [0.1, 0.15) is 62.4 Å². The van der Waals surface area contributed by atoms with E-state index >= 15 is 0 Å². The second-order valence-corrected chi connectivity index (χ2v) is 10.3. The number of ether oxygens (including phenoxy) is 1. The maximum absolute atomic E-state index is 13.6. The molecule has 0 fully saturated rings. The highest BCUT2D eigenvalue weighted by Gasteiger charge is 2.31. The molecule has 1 aliphatic rings. The number of nitrogens with one attached hydrogen (secondary N) is 3. The van der Waals surface area contributed by atoms with Crippen molar-refractivity contribution in [1.29, 1.82) is 0 Å². The molecule has 1 aliphatic heterocycles. The van der Waals surface area contributed by atoms with Crippen LogP contribution < -0.4 is 20.7 Å². The Balaban J connectivity index is 1.89. The molecule has 0 aliphatic carbocycles. The molecular weight excluding hydrogens is 515 g/mol. The standard InChI is InChI=1S/C30H39FN4O5/c1-4-5-14-35-15-16-40-26-9-7-6-8-23(26)28(37)34-24(18-27(36)33-25(30(35)39)17-20(2)3)29(38)32-19-21-10-12-22(31)13-11-21/h6-13,20,24-25H,4-5,14-19H2,1-3H3,(H,32,38)(H,33,36)(H,34,37)/t24-,25-/m0/s1. The second kappa shape index (κ2) is 15.0. The van der Waals surface area contributed by atoms with Gasteiger partial charge in [-0.25, -0.2) is 4.39 Å². The number of para-hydroxylation sites is 1. The molecule has 40 heavy (non-hydrogen) atoms. The number of amides is 4. The fourth-order valence-corrected chi connectivity index (χ4v) is 4.44. The molecule has 1 heterocycles. The number of fused-ring (bicyclic) bond motifs is 1. The van der Waals surface area contributed by atoms with Crippen molar-refractivity contribution in [2.24, 2.45) is 5.92 Å². The van der Waals surface area contributed by atoms with Gasteiger partial charge in [-0.1, -0.05) is 51.5 Å². The molecule has 0 radical (unpaired) electrons. The fraction of sp³-hybridized carbons (Fsp3) is 0.467. The topological polar surface area (TPSA) is 117 Å². The molecule has 0 unspecified atom stereocenters. The summed E-state index contributed by atoms with van der Waals surface area (Å²) >= 11 is 0. The summed E-state index contributed by atoms with van der Waals surface area (Å²) in [5, 5.41) is 8.18. The highest BCUT2D eigenvalue weighted by atomic mass is 19.1. The Hall–Kier alpha value is -3.95. The zero-order valence-electron chi connectivity index (χ0n) is 23.4. The lowest BCUT2D eigenvalue weighted by atomic mass is 10.0. The van der Waals surface area contributed by atoms with Crippen molar-refractivity contribution in [3.63, 3.8) is 0 Å². The molecule has 2 atom stereocenters. The zero-order chi connectivity index (χ0) is 29.1. The third-order valence-corrected chi connectivity index (χ3v) is 6.58. The van der Waals surface area contributed by atoms with Crippen LogP contribution in [0.25, 0.3) is 0 Å². The largest absolute Gasteiger partial charge is 0.491 e. The van der Waals surface area contributed by atoms with E-state index in [1.54, 1.807) is 29.2 Å². The normalized spacial score (nSPS) is 18.7. The van der Waals surface area contributed by atoms with E-state index in [0.717, 1.165) is 12.8 Å². The SMILES string of the molecule is CCCCN1CCOc2ccccc2C(=O)N[C@H](C(=O)NCc2ccc(F)cc2)CC(=O)N[C@@H](CC(C)C)C1=O. The minimum absolute atomic E-state index is 0.0770. The number of hydrogen-bond acceptors (Lipinski definition) is 5. The van der Waals surface area contributed by atoms with Crippen LogP contribution in [0.15, 0.2) is 48.5 Å². The first-order valence-electron chi connectivity index (χ1n) is 13.8. The van der Waals surface area contributed by atoms with E-state index < -0.39 is 35.6 Å². The lowest BCUT2D eigenvalue weighted by Crippen LogP contribution is -2.53. The van der Waals surface area contributed by atoms with Gasteiger partial charge in [0.05, 0.1) is 18.5 Å². The van der Waals surface area contributed by atoms with Crippen molar-refractivity contribution >= 4 is 23.6 Å². The summed E-state index contributed by atoms with van der Waals surface area (Å²) in [6.45, 7) is 7.01. The summed E-state index contributed by atoms with van der Waals surface area (Å²) in [7, 11) is 0. The van der Waals surface area contributed by atoms with E-state index in [-0.39, 0.29) is 37.0 Å². The Bertz CT molecular complexity index is 1170. The van der Waals surface area contributed by atoms with E-state index in [1.165, 1.54) is 24.3 Å². The smallest absolute Gasteiger partial charge is 0.255 e. The van der Waals surface area contributed by atoms with Gasteiger partial charge in [-0.15, -0.1) is 0 Å². The van der Waals surface area contributed by atoms with Crippen molar-refractivity contribution in [3.8, 4) is 5.75 Å². The third-order valence-electron chi connectivity index (χ3n) is 6.58. The maximum atomic E-state index is 13.6. The summed E-state index contributed by atoms with van der Waals surface area (Å²) in [6, 6.07) is 10.3. The minimum Gasteiger partial charge on any atom is -0.491 e.